The standard InChI is InChI=1S/C17H12Cl2N2O3S/c18-12-9-13(19)11-14(10-12)20-17(22)16-7-4-8-21(16)25(23,24)15-5-2-1-3-6-15/h1-11H,(H,20,22). The summed E-state index contributed by atoms with van der Waals surface area (Å²) in [6.45, 7) is 0. The van der Waals surface area contributed by atoms with Gasteiger partial charge in [-0.1, -0.05) is 41.4 Å². The van der Waals surface area contributed by atoms with E-state index < -0.39 is 15.9 Å². The van der Waals surface area contributed by atoms with Gasteiger partial charge in [0.2, 0.25) is 0 Å². The van der Waals surface area contributed by atoms with Gasteiger partial charge in [0.05, 0.1) is 4.90 Å². The number of hydrogen-bond donors (Lipinski definition) is 1. The molecule has 0 bridgehead atoms. The highest BCUT2D eigenvalue weighted by molar-refractivity contribution is 7.90. The minimum Gasteiger partial charge on any atom is -0.321 e. The molecule has 0 aliphatic carbocycles. The number of rotatable bonds is 4. The Morgan fingerprint density at radius 3 is 2.20 bits per heavy atom. The third-order valence-electron chi connectivity index (χ3n) is 3.37. The number of benzene rings is 2. The van der Waals surface area contributed by atoms with Gasteiger partial charge in [-0.25, -0.2) is 12.4 Å². The minimum atomic E-state index is -3.88. The largest absolute Gasteiger partial charge is 0.321 e. The summed E-state index contributed by atoms with van der Waals surface area (Å²) in [5, 5.41) is 3.31. The van der Waals surface area contributed by atoms with E-state index in [0.29, 0.717) is 15.7 Å². The van der Waals surface area contributed by atoms with E-state index in [1.54, 1.807) is 18.2 Å². The summed E-state index contributed by atoms with van der Waals surface area (Å²) in [7, 11) is -3.88. The van der Waals surface area contributed by atoms with Crippen molar-refractivity contribution in [3.8, 4) is 0 Å². The normalized spacial score (nSPS) is 11.3. The lowest BCUT2D eigenvalue weighted by Crippen LogP contribution is -2.21. The van der Waals surface area contributed by atoms with Crippen molar-refractivity contribution in [2.75, 3.05) is 5.32 Å². The molecule has 0 aliphatic heterocycles. The fraction of sp³-hybridized carbons (Fsp3) is 0. The van der Waals surface area contributed by atoms with Crippen LogP contribution < -0.4 is 5.32 Å². The van der Waals surface area contributed by atoms with E-state index in [1.807, 2.05) is 0 Å². The number of nitrogens with one attached hydrogen (secondary N) is 1. The maximum absolute atomic E-state index is 12.7. The zero-order chi connectivity index (χ0) is 18.0. The molecule has 0 atom stereocenters. The molecular formula is C17H12Cl2N2O3S. The number of aromatic nitrogens is 1. The lowest BCUT2D eigenvalue weighted by molar-refractivity contribution is 0.102. The van der Waals surface area contributed by atoms with E-state index in [2.05, 4.69) is 5.32 Å². The first-order chi connectivity index (χ1) is 11.9. The van der Waals surface area contributed by atoms with E-state index in [-0.39, 0.29) is 10.6 Å². The first-order valence-corrected chi connectivity index (χ1v) is 9.33. The quantitative estimate of drug-likeness (QED) is 0.717. The maximum atomic E-state index is 12.7. The van der Waals surface area contributed by atoms with Crippen LogP contribution in [0, 0.1) is 0 Å². The monoisotopic (exact) mass is 394 g/mol. The van der Waals surface area contributed by atoms with Gasteiger partial charge < -0.3 is 5.32 Å². The summed E-state index contributed by atoms with van der Waals surface area (Å²) >= 11 is 11.8. The zero-order valence-electron chi connectivity index (χ0n) is 12.7. The van der Waals surface area contributed by atoms with Crippen LogP contribution in [0.1, 0.15) is 10.5 Å². The second kappa shape index (κ2) is 6.92. The van der Waals surface area contributed by atoms with Crippen LogP contribution in [-0.2, 0) is 10.0 Å². The Labute approximate surface area is 154 Å². The van der Waals surface area contributed by atoms with Gasteiger partial charge in [-0.2, -0.15) is 0 Å². The summed E-state index contributed by atoms with van der Waals surface area (Å²) in [5.41, 5.74) is 0.340. The highest BCUT2D eigenvalue weighted by Crippen LogP contribution is 2.23. The molecule has 3 rings (SSSR count). The van der Waals surface area contributed by atoms with Crippen molar-refractivity contribution in [3.63, 3.8) is 0 Å². The molecule has 1 heterocycles. The SMILES string of the molecule is O=C(Nc1cc(Cl)cc(Cl)c1)c1cccn1S(=O)(=O)c1ccccc1. The fourth-order valence-electron chi connectivity index (χ4n) is 2.28. The van der Waals surface area contributed by atoms with Crippen LogP contribution in [0.5, 0.6) is 0 Å². The van der Waals surface area contributed by atoms with E-state index >= 15 is 0 Å². The van der Waals surface area contributed by atoms with Crippen LogP contribution in [0.3, 0.4) is 0 Å². The number of hydrogen-bond acceptors (Lipinski definition) is 3. The number of nitrogens with zero attached hydrogens (tertiary/aromatic N) is 1. The van der Waals surface area contributed by atoms with Gasteiger partial charge in [0.1, 0.15) is 5.69 Å². The highest BCUT2D eigenvalue weighted by atomic mass is 35.5. The summed E-state index contributed by atoms with van der Waals surface area (Å²) in [4.78, 5) is 12.6. The Hall–Kier alpha value is -2.28. The third kappa shape index (κ3) is 3.71. The Kier molecular flexibility index (Phi) is 4.85. The molecule has 128 valence electrons. The molecule has 1 aromatic heterocycles. The van der Waals surface area contributed by atoms with Crippen molar-refractivity contribution in [2.24, 2.45) is 0 Å². The molecule has 0 saturated carbocycles. The smallest absolute Gasteiger partial charge is 0.273 e. The Morgan fingerprint density at radius 1 is 0.920 bits per heavy atom. The first-order valence-electron chi connectivity index (χ1n) is 7.13. The number of carbonyl (C=O) groups is 1. The average Bonchev–Trinajstić information content (AvgIpc) is 3.05. The molecule has 0 aliphatic rings. The number of anilines is 1. The molecule has 0 radical (unpaired) electrons. The molecule has 8 heteroatoms. The second-order valence-electron chi connectivity index (χ2n) is 5.12. The van der Waals surface area contributed by atoms with Gasteiger partial charge in [0.25, 0.3) is 15.9 Å². The van der Waals surface area contributed by atoms with Crippen LogP contribution >= 0.6 is 23.2 Å². The molecule has 2 aromatic carbocycles. The van der Waals surface area contributed by atoms with Crippen molar-refractivity contribution >= 4 is 44.8 Å². The summed E-state index contributed by atoms with van der Waals surface area (Å²) in [6, 6.07) is 15.3. The Balaban J connectivity index is 1.95. The number of halogens is 2. The summed E-state index contributed by atoms with van der Waals surface area (Å²) < 4.78 is 26.4. The van der Waals surface area contributed by atoms with Gasteiger partial charge in [0.15, 0.2) is 0 Å². The van der Waals surface area contributed by atoms with Gasteiger partial charge in [-0.3, -0.25) is 4.79 Å². The van der Waals surface area contributed by atoms with Crippen molar-refractivity contribution in [3.05, 3.63) is 82.6 Å². The predicted octanol–water partition coefficient (Wildman–Crippen LogP) is 4.28. The van der Waals surface area contributed by atoms with E-state index in [1.165, 1.54) is 48.7 Å². The van der Waals surface area contributed by atoms with Gasteiger partial charge >= 0.3 is 0 Å². The Bertz CT molecular complexity index is 1010. The van der Waals surface area contributed by atoms with Gasteiger partial charge in [-0.05, 0) is 42.5 Å². The molecule has 25 heavy (non-hydrogen) atoms. The molecule has 5 nitrogen and oxygen atoms in total. The molecule has 3 aromatic rings. The molecule has 1 amide bonds. The Morgan fingerprint density at radius 2 is 1.56 bits per heavy atom. The van der Waals surface area contributed by atoms with Crippen LogP contribution in [-0.4, -0.2) is 18.3 Å². The summed E-state index contributed by atoms with van der Waals surface area (Å²) in [5.74, 6) is -0.595. The van der Waals surface area contributed by atoms with Gasteiger partial charge in [0, 0.05) is 21.9 Å². The topological polar surface area (TPSA) is 68.2 Å². The molecule has 0 unspecified atom stereocenters. The lowest BCUT2D eigenvalue weighted by Gasteiger charge is -2.11. The molecule has 0 saturated heterocycles. The van der Waals surface area contributed by atoms with Crippen molar-refractivity contribution in [1.29, 1.82) is 0 Å². The average molecular weight is 395 g/mol. The molecule has 0 spiro atoms. The van der Waals surface area contributed by atoms with Gasteiger partial charge in [-0.15, -0.1) is 0 Å². The second-order valence-corrected chi connectivity index (χ2v) is 7.81. The predicted molar refractivity (Wildman–Crippen MR) is 97.9 cm³/mol. The van der Waals surface area contributed by atoms with Crippen LogP contribution in [0.25, 0.3) is 0 Å². The first kappa shape index (κ1) is 17.5. The van der Waals surface area contributed by atoms with Crippen LogP contribution in [0.4, 0.5) is 5.69 Å². The van der Waals surface area contributed by atoms with Crippen molar-refractivity contribution < 1.29 is 13.2 Å². The number of amides is 1. The zero-order valence-corrected chi connectivity index (χ0v) is 15.0. The number of carbonyl (C=O) groups excluding carboxylic acids is 1. The van der Waals surface area contributed by atoms with E-state index in [0.717, 1.165) is 3.97 Å². The molecule has 0 fully saturated rings. The van der Waals surface area contributed by atoms with Crippen molar-refractivity contribution in [2.45, 2.75) is 4.90 Å². The molecule has 1 N–H and O–H groups in total. The maximum Gasteiger partial charge on any atom is 0.273 e. The highest BCUT2D eigenvalue weighted by Gasteiger charge is 2.22. The minimum absolute atomic E-state index is 0.0278. The lowest BCUT2D eigenvalue weighted by atomic mass is 10.3. The molecular weight excluding hydrogens is 383 g/mol. The summed E-state index contributed by atoms with van der Waals surface area (Å²) in [6.07, 6.45) is 1.32. The van der Waals surface area contributed by atoms with Crippen molar-refractivity contribution in [1.82, 2.24) is 3.97 Å². The van der Waals surface area contributed by atoms with E-state index in [9.17, 15) is 13.2 Å². The van der Waals surface area contributed by atoms with E-state index in [4.69, 9.17) is 23.2 Å². The van der Waals surface area contributed by atoms with Crippen LogP contribution in [0.2, 0.25) is 10.0 Å². The third-order valence-corrected chi connectivity index (χ3v) is 5.51. The van der Waals surface area contributed by atoms with Crippen LogP contribution in [0.15, 0.2) is 71.8 Å². The fourth-order valence-corrected chi connectivity index (χ4v) is 4.17.